The van der Waals surface area contributed by atoms with Gasteiger partial charge in [-0.2, -0.15) is 0 Å². The maximum Gasteiger partial charge on any atom is 0.345 e. The van der Waals surface area contributed by atoms with Gasteiger partial charge in [0.1, 0.15) is 0 Å². The number of alkyl halides is 2. The molecule has 0 spiro atoms. The fraction of sp³-hybridized carbons (Fsp3) is 0.833. The number of hydrogen-bond acceptors (Lipinski definition) is 7. The van der Waals surface area contributed by atoms with Gasteiger partial charge in [0.25, 0.3) is 0 Å². The SMILES string of the molecule is CCOC(=O)CC(C(=O)OCC)P(=O)(OCCCl)OCCCl. The van der Waals surface area contributed by atoms with E-state index in [4.69, 9.17) is 41.7 Å². The van der Waals surface area contributed by atoms with Crippen LogP contribution in [0.25, 0.3) is 0 Å². The van der Waals surface area contributed by atoms with Gasteiger partial charge in [0, 0.05) is 11.8 Å². The zero-order valence-corrected chi connectivity index (χ0v) is 15.0. The molecule has 10 heteroatoms. The van der Waals surface area contributed by atoms with Crippen LogP contribution in [0.1, 0.15) is 20.3 Å². The summed E-state index contributed by atoms with van der Waals surface area (Å²) in [5.41, 5.74) is -1.42. The first-order valence-corrected chi connectivity index (χ1v) is 9.46. The average Bonchev–Trinajstić information content (AvgIpc) is 2.49. The molecule has 0 saturated carbocycles. The van der Waals surface area contributed by atoms with Crippen LogP contribution in [0, 0.1) is 0 Å². The molecule has 0 radical (unpaired) electrons. The van der Waals surface area contributed by atoms with Crippen molar-refractivity contribution in [1.29, 1.82) is 0 Å². The van der Waals surface area contributed by atoms with Gasteiger partial charge in [-0.1, -0.05) is 0 Å². The molecule has 1 unspecified atom stereocenters. The highest BCUT2D eigenvalue weighted by Crippen LogP contribution is 2.54. The standard InChI is InChI=1S/C12H21Cl2O7P/c1-3-18-11(15)9-10(12(16)19-4-2)22(17,20-7-5-13)21-8-6-14/h10H,3-9H2,1-2H3. The number of carbonyl (C=O) groups excluding carboxylic acids is 2. The molecule has 0 aliphatic heterocycles. The molecule has 130 valence electrons. The summed E-state index contributed by atoms with van der Waals surface area (Å²) in [6.07, 6.45) is -0.478. The summed E-state index contributed by atoms with van der Waals surface area (Å²) in [5.74, 6) is -1.47. The molecule has 0 aromatic heterocycles. The molecule has 0 saturated heterocycles. The number of ether oxygens (including phenoxy) is 2. The summed E-state index contributed by atoms with van der Waals surface area (Å²) in [6, 6.07) is 0. The van der Waals surface area contributed by atoms with E-state index in [2.05, 4.69) is 0 Å². The van der Waals surface area contributed by atoms with Crippen LogP contribution in [0.15, 0.2) is 0 Å². The van der Waals surface area contributed by atoms with Crippen molar-refractivity contribution < 1.29 is 32.7 Å². The summed E-state index contributed by atoms with van der Waals surface area (Å²) in [5, 5.41) is 0. The first-order valence-electron chi connectivity index (χ1n) is 6.78. The van der Waals surface area contributed by atoms with Crippen molar-refractivity contribution in [3.05, 3.63) is 0 Å². The quantitative estimate of drug-likeness (QED) is 0.293. The molecule has 0 aromatic carbocycles. The van der Waals surface area contributed by atoms with E-state index in [0.717, 1.165) is 0 Å². The summed E-state index contributed by atoms with van der Waals surface area (Å²) in [6.45, 7) is 3.17. The molecule has 0 fully saturated rings. The smallest absolute Gasteiger partial charge is 0.345 e. The second-order valence-corrected chi connectivity index (χ2v) is 6.84. The van der Waals surface area contributed by atoms with Crippen LogP contribution < -0.4 is 0 Å². The Kier molecular flexibility index (Phi) is 12.0. The highest BCUT2D eigenvalue weighted by atomic mass is 35.5. The molecule has 7 nitrogen and oxygen atoms in total. The number of carbonyl (C=O) groups is 2. The van der Waals surface area contributed by atoms with Gasteiger partial charge in [-0.05, 0) is 13.8 Å². The Morgan fingerprint density at radius 2 is 1.50 bits per heavy atom. The lowest BCUT2D eigenvalue weighted by Crippen LogP contribution is -2.29. The van der Waals surface area contributed by atoms with E-state index in [-0.39, 0.29) is 38.2 Å². The van der Waals surface area contributed by atoms with Gasteiger partial charge in [-0.15, -0.1) is 23.2 Å². The fourth-order valence-electron chi connectivity index (χ4n) is 1.48. The molecular formula is C12H21Cl2O7P. The maximum atomic E-state index is 12.8. The highest BCUT2D eigenvalue weighted by molar-refractivity contribution is 7.55. The summed E-state index contributed by atoms with van der Waals surface area (Å²) in [7, 11) is -3.97. The molecule has 0 aromatic rings. The Bertz CT molecular complexity index is 380. The van der Waals surface area contributed by atoms with Gasteiger partial charge in [-0.25, -0.2) is 0 Å². The average molecular weight is 379 g/mol. The molecule has 22 heavy (non-hydrogen) atoms. The number of halogens is 2. The first kappa shape index (κ1) is 21.7. The second kappa shape index (κ2) is 12.1. The third-order valence-electron chi connectivity index (χ3n) is 2.30. The van der Waals surface area contributed by atoms with Crippen LogP contribution in [-0.2, 0) is 32.7 Å². The van der Waals surface area contributed by atoms with E-state index >= 15 is 0 Å². The Morgan fingerprint density at radius 3 is 1.91 bits per heavy atom. The normalized spacial score (nSPS) is 12.7. The Hall–Kier alpha value is -0.330. The zero-order valence-electron chi connectivity index (χ0n) is 12.6. The van der Waals surface area contributed by atoms with Gasteiger partial charge >= 0.3 is 19.5 Å². The van der Waals surface area contributed by atoms with E-state index < -0.39 is 31.6 Å². The summed E-state index contributed by atoms with van der Waals surface area (Å²) >= 11 is 11.0. The minimum atomic E-state index is -3.97. The van der Waals surface area contributed by atoms with Crippen molar-refractivity contribution in [1.82, 2.24) is 0 Å². The third kappa shape index (κ3) is 7.79. The van der Waals surface area contributed by atoms with Crippen LogP contribution in [-0.4, -0.2) is 55.8 Å². The maximum absolute atomic E-state index is 12.8. The molecule has 0 aliphatic rings. The van der Waals surface area contributed by atoms with Gasteiger partial charge in [0.15, 0.2) is 5.66 Å². The van der Waals surface area contributed by atoms with Crippen LogP contribution in [0.3, 0.4) is 0 Å². The van der Waals surface area contributed by atoms with Gasteiger partial charge < -0.3 is 18.5 Å². The van der Waals surface area contributed by atoms with Crippen LogP contribution in [0.2, 0.25) is 0 Å². The fourth-order valence-corrected chi connectivity index (χ4v) is 3.68. The van der Waals surface area contributed by atoms with Crippen molar-refractivity contribution in [3.8, 4) is 0 Å². The predicted molar refractivity (Wildman–Crippen MR) is 82.6 cm³/mol. The van der Waals surface area contributed by atoms with Crippen LogP contribution in [0.5, 0.6) is 0 Å². The predicted octanol–water partition coefficient (Wildman–Crippen LogP) is 2.58. The van der Waals surface area contributed by atoms with Crippen molar-refractivity contribution in [2.24, 2.45) is 0 Å². The molecule has 0 aliphatic carbocycles. The molecule has 0 heterocycles. The Labute approximate surface area is 140 Å². The highest BCUT2D eigenvalue weighted by Gasteiger charge is 2.44. The number of esters is 2. The molecule has 0 amide bonds. The topological polar surface area (TPSA) is 88.1 Å². The van der Waals surface area contributed by atoms with Crippen molar-refractivity contribution in [2.75, 3.05) is 38.2 Å². The monoisotopic (exact) mass is 378 g/mol. The van der Waals surface area contributed by atoms with Crippen molar-refractivity contribution >= 4 is 42.7 Å². The lowest BCUT2D eigenvalue weighted by Gasteiger charge is -2.24. The van der Waals surface area contributed by atoms with E-state index in [1.54, 1.807) is 13.8 Å². The van der Waals surface area contributed by atoms with Gasteiger partial charge in [0.05, 0.1) is 32.8 Å². The van der Waals surface area contributed by atoms with E-state index in [1.807, 2.05) is 0 Å². The Morgan fingerprint density at radius 1 is 1.00 bits per heavy atom. The number of hydrogen-bond donors (Lipinski definition) is 0. The largest absolute Gasteiger partial charge is 0.466 e. The summed E-state index contributed by atoms with van der Waals surface area (Å²) < 4.78 is 32.7. The molecule has 1 atom stereocenters. The second-order valence-electron chi connectivity index (χ2n) is 3.86. The molecule has 0 N–H and O–H groups in total. The molecule has 0 rings (SSSR count). The molecule has 0 bridgehead atoms. The van der Waals surface area contributed by atoms with Crippen molar-refractivity contribution in [3.63, 3.8) is 0 Å². The van der Waals surface area contributed by atoms with Gasteiger partial charge in [-0.3, -0.25) is 14.2 Å². The summed E-state index contributed by atoms with van der Waals surface area (Å²) in [4.78, 5) is 23.7. The minimum Gasteiger partial charge on any atom is -0.466 e. The minimum absolute atomic E-state index is 0.0448. The lowest BCUT2D eigenvalue weighted by atomic mass is 10.3. The van der Waals surface area contributed by atoms with E-state index in [1.165, 1.54) is 0 Å². The molecular weight excluding hydrogens is 358 g/mol. The lowest BCUT2D eigenvalue weighted by molar-refractivity contribution is -0.149. The first-order chi connectivity index (χ1) is 10.4. The zero-order chi connectivity index (χ0) is 17.0. The Balaban J connectivity index is 5.27. The van der Waals surface area contributed by atoms with E-state index in [9.17, 15) is 14.2 Å². The van der Waals surface area contributed by atoms with Crippen LogP contribution >= 0.6 is 30.8 Å². The van der Waals surface area contributed by atoms with Crippen molar-refractivity contribution in [2.45, 2.75) is 25.9 Å². The van der Waals surface area contributed by atoms with E-state index in [0.29, 0.717) is 0 Å². The number of rotatable bonds is 12. The third-order valence-corrected chi connectivity index (χ3v) is 4.85. The van der Waals surface area contributed by atoms with Gasteiger partial charge in [0.2, 0.25) is 0 Å². The van der Waals surface area contributed by atoms with Crippen LogP contribution in [0.4, 0.5) is 0 Å².